The van der Waals surface area contributed by atoms with Crippen LogP contribution < -0.4 is 10.1 Å². The molecule has 1 saturated heterocycles. The number of ether oxygens (including phenoxy) is 1. The number of likely N-dealkylation sites (tertiary alicyclic amines) is 1. The number of pyridine rings is 1. The SMILES string of the molecule is Cc1ccc(NC(=O)C2(c3c(C)cccc3C(C)C)CN(C(=O)CC(C)(C)C(=O)O)C2)c(OC(F)F)n1. The summed E-state index contributed by atoms with van der Waals surface area (Å²) in [6, 6.07) is 8.73. The average molecular weight is 518 g/mol. The van der Waals surface area contributed by atoms with E-state index in [2.05, 4.69) is 15.0 Å². The Bertz CT molecular complexity index is 1210. The number of hydrogen-bond donors (Lipinski definition) is 2. The van der Waals surface area contributed by atoms with Crippen LogP contribution >= 0.6 is 0 Å². The zero-order valence-electron chi connectivity index (χ0n) is 21.9. The number of anilines is 1. The van der Waals surface area contributed by atoms with Gasteiger partial charge in [-0.05, 0) is 62.4 Å². The van der Waals surface area contributed by atoms with Crippen molar-refractivity contribution in [2.45, 2.75) is 65.9 Å². The van der Waals surface area contributed by atoms with E-state index in [4.69, 9.17) is 0 Å². The fraction of sp³-hybridized carbons (Fsp3) is 0.481. The third-order valence-electron chi connectivity index (χ3n) is 6.74. The molecule has 1 aromatic heterocycles. The topological polar surface area (TPSA) is 109 Å². The van der Waals surface area contributed by atoms with E-state index in [1.54, 1.807) is 13.0 Å². The van der Waals surface area contributed by atoms with Crippen LogP contribution in [0.25, 0.3) is 0 Å². The summed E-state index contributed by atoms with van der Waals surface area (Å²) in [5.41, 5.74) is 0.530. The Morgan fingerprint density at radius 2 is 1.81 bits per heavy atom. The fourth-order valence-electron chi connectivity index (χ4n) is 4.63. The molecule has 2 aromatic rings. The molecular weight excluding hydrogens is 484 g/mol. The number of rotatable bonds is 9. The monoisotopic (exact) mass is 517 g/mol. The van der Waals surface area contributed by atoms with Crippen molar-refractivity contribution in [3.05, 3.63) is 52.7 Å². The van der Waals surface area contributed by atoms with Crippen LogP contribution in [-0.4, -0.2) is 52.5 Å². The number of benzene rings is 1. The van der Waals surface area contributed by atoms with Crippen LogP contribution in [-0.2, 0) is 19.8 Å². The number of carboxylic acid groups (broad SMARTS) is 1. The van der Waals surface area contributed by atoms with Gasteiger partial charge in [0.2, 0.25) is 17.7 Å². The first-order valence-electron chi connectivity index (χ1n) is 12.0. The molecule has 1 fully saturated rings. The second kappa shape index (κ2) is 10.4. The summed E-state index contributed by atoms with van der Waals surface area (Å²) in [5.74, 6) is -2.30. The minimum Gasteiger partial charge on any atom is -0.481 e. The number of aryl methyl sites for hydroxylation is 2. The molecule has 0 aliphatic carbocycles. The van der Waals surface area contributed by atoms with E-state index < -0.39 is 35.2 Å². The zero-order chi connectivity index (χ0) is 27.7. The predicted octanol–water partition coefficient (Wildman–Crippen LogP) is 4.64. The lowest BCUT2D eigenvalue weighted by molar-refractivity contribution is -0.155. The molecule has 0 bridgehead atoms. The fourth-order valence-corrected chi connectivity index (χ4v) is 4.63. The lowest BCUT2D eigenvalue weighted by atomic mass is 9.67. The van der Waals surface area contributed by atoms with Gasteiger partial charge < -0.3 is 20.1 Å². The van der Waals surface area contributed by atoms with E-state index in [-0.39, 0.29) is 37.0 Å². The Morgan fingerprint density at radius 3 is 2.38 bits per heavy atom. The van der Waals surface area contributed by atoms with Gasteiger partial charge >= 0.3 is 12.6 Å². The summed E-state index contributed by atoms with van der Waals surface area (Å²) in [6.07, 6.45) is -0.223. The number of carboxylic acids is 1. The maximum absolute atomic E-state index is 13.9. The van der Waals surface area contributed by atoms with Crippen molar-refractivity contribution in [3.8, 4) is 5.88 Å². The largest absolute Gasteiger partial charge is 0.481 e. The van der Waals surface area contributed by atoms with Crippen molar-refractivity contribution in [3.63, 3.8) is 0 Å². The van der Waals surface area contributed by atoms with E-state index in [0.717, 1.165) is 16.7 Å². The van der Waals surface area contributed by atoms with Gasteiger partial charge in [0.05, 0.1) is 5.41 Å². The van der Waals surface area contributed by atoms with Crippen molar-refractivity contribution in [2.75, 3.05) is 18.4 Å². The van der Waals surface area contributed by atoms with Gasteiger partial charge in [-0.15, -0.1) is 0 Å². The van der Waals surface area contributed by atoms with Gasteiger partial charge in [-0.2, -0.15) is 8.78 Å². The van der Waals surface area contributed by atoms with Crippen molar-refractivity contribution in [1.29, 1.82) is 0 Å². The number of carbonyl (C=O) groups excluding carboxylic acids is 2. The van der Waals surface area contributed by atoms with Crippen LogP contribution in [0.2, 0.25) is 0 Å². The molecule has 8 nitrogen and oxygen atoms in total. The molecule has 0 unspecified atom stereocenters. The van der Waals surface area contributed by atoms with Gasteiger partial charge in [0.1, 0.15) is 11.1 Å². The minimum atomic E-state index is -3.13. The quantitative estimate of drug-likeness (QED) is 0.502. The van der Waals surface area contributed by atoms with Gasteiger partial charge in [-0.25, -0.2) is 4.98 Å². The van der Waals surface area contributed by atoms with E-state index >= 15 is 0 Å². The van der Waals surface area contributed by atoms with Crippen LogP contribution in [0.5, 0.6) is 5.88 Å². The standard InChI is InChI=1S/C27H33F2N3O5/c1-15(2)18-9-7-8-16(3)21(18)27(13-32(14-27)20(33)12-26(5,6)24(35)36)23(34)31-19-11-10-17(4)30-22(19)37-25(28)29/h7-11,15,25H,12-14H2,1-6H3,(H,31,34)(H,35,36). The Balaban J connectivity index is 2.01. The lowest BCUT2D eigenvalue weighted by Gasteiger charge is -2.51. The Kier molecular flexibility index (Phi) is 7.90. The first kappa shape index (κ1) is 28.0. The molecule has 1 aliphatic heterocycles. The summed E-state index contributed by atoms with van der Waals surface area (Å²) in [4.78, 5) is 43.9. The number of halogens is 2. The highest BCUT2D eigenvalue weighted by Crippen LogP contribution is 2.43. The van der Waals surface area contributed by atoms with Crippen molar-refractivity contribution >= 4 is 23.5 Å². The van der Waals surface area contributed by atoms with Crippen LogP contribution in [0, 0.1) is 19.3 Å². The second-order valence-electron chi connectivity index (χ2n) is 10.5. The number of nitrogens with zero attached hydrogens (tertiary/aromatic N) is 2. The number of alkyl halides is 2. The van der Waals surface area contributed by atoms with Gasteiger partial charge in [0.25, 0.3) is 0 Å². The first-order valence-corrected chi connectivity index (χ1v) is 12.0. The highest BCUT2D eigenvalue weighted by Gasteiger charge is 2.54. The van der Waals surface area contributed by atoms with Gasteiger partial charge in [0.15, 0.2) is 0 Å². The molecule has 2 N–H and O–H groups in total. The van der Waals surface area contributed by atoms with E-state index in [1.165, 1.54) is 24.8 Å². The molecule has 0 radical (unpaired) electrons. The summed E-state index contributed by atoms with van der Waals surface area (Å²) in [6.45, 7) is 7.34. The smallest absolute Gasteiger partial charge is 0.388 e. The molecule has 0 spiro atoms. The zero-order valence-corrected chi connectivity index (χ0v) is 21.9. The predicted molar refractivity (Wildman–Crippen MR) is 134 cm³/mol. The van der Waals surface area contributed by atoms with Gasteiger partial charge in [-0.3, -0.25) is 14.4 Å². The number of hydrogen-bond acceptors (Lipinski definition) is 5. The molecule has 1 aromatic carbocycles. The summed E-state index contributed by atoms with van der Waals surface area (Å²) >= 11 is 0. The maximum atomic E-state index is 13.9. The van der Waals surface area contributed by atoms with Crippen LogP contribution in [0.4, 0.5) is 14.5 Å². The van der Waals surface area contributed by atoms with Crippen LogP contribution in [0.3, 0.4) is 0 Å². The van der Waals surface area contributed by atoms with E-state index in [1.807, 2.05) is 39.0 Å². The lowest BCUT2D eigenvalue weighted by Crippen LogP contribution is -2.67. The Hall–Kier alpha value is -3.56. The number of aromatic nitrogens is 1. The van der Waals surface area contributed by atoms with Crippen LogP contribution in [0.15, 0.2) is 30.3 Å². The highest BCUT2D eigenvalue weighted by molar-refractivity contribution is 6.03. The normalized spacial score (nSPS) is 14.9. The molecule has 0 atom stereocenters. The number of carbonyl (C=O) groups is 3. The second-order valence-corrected chi connectivity index (χ2v) is 10.5. The number of nitrogens with one attached hydrogen (secondary N) is 1. The molecular formula is C27H33F2N3O5. The molecule has 37 heavy (non-hydrogen) atoms. The summed E-state index contributed by atoms with van der Waals surface area (Å²) in [5, 5.41) is 12.1. The maximum Gasteiger partial charge on any atom is 0.388 e. The van der Waals surface area contributed by atoms with Crippen LogP contribution in [0.1, 0.15) is 62.4 Å². The third-order valence-corrected chi connectivity index (χ3v) is 6.74. The molecule has 0 saturated carbocycles. The molecule has 10 heteroatoms. The number of aliphatic carboxylic acids is 1. The summed E-state index contributed by atoms with van der Waals surface area (Å²) < 4.78 is 30.6. The highest BCUT2D eigenvalue weighted by atomic mass is 19.3. The molecule has 2 heterocycles. The minimum absolute atomic E-state index is 0.00765. The van der Waals surface area contributed by atoms with Gasteiger partial charge in [-0.1, -0.05) is 32.0 Å². The van der Waals surface area contributed by atoms with Crippen molar-refractivity contribution < 1.29 is 33.0 Å². The summed E-state index contributed by atoms with van der Waals surface area (Å²) in [7, 11) is 0. The Morgan fingerprint density at radius 1 is 1.16 bits per heavy atom. The molecule has 2 amide bonds. The Labute approximate surface area is 215 Å². The first-order chi connectivity index (χ1) is 17.2. The van der Waals surface area contributed by atoms with Crippen molar-refractivity contribution in [1.82, 2.24) is 9.88 Å². The van der Waals surface area contributed by atoms with E-state index in [0.29, 0.717) is 5.69 Å². The average Bonchev–Trinajstić information content (AvgIpc) is 2.74. The van der Waals surface area contributed by atoms with Gasteiger partial charge in [0, 0.05) is 25.2 Å². The molecule has 1 aliphatic rings. The number of amides is 2. The van der Waals surface area contributed by atoms with E-state index in [9.17, 15) is 28.3 Å². The molecule has 3 rings (SSSR count). The molecule has 200 valence electrons. The van der Waals surface area contributed by atoms with Crippen molar-refractivity contribution in [2.24, 2.45) is 5.41 Å². The third kappa shape index (κ3) is 5.73.